The number of benzene rings is 1. The minimum atomic E-state index is -3.52. The van der Waals surface area contributed by atoms with Gasteiger partial charge in [-0.25, -0.2) is 13.6 Å². The Kier molecular flexibility index (Phi) is 4.44. The van der Waals surface area contributed by atoms with E-state index in [0.29, 0.717) is 0 Å². The van der Waals surface area contributed by atoms with Crippen molar-refractivity contribution in [2.24, 2.45) is 5.14 Å². The molecule has 1 aromatic rings. The Balaban J connectivity index is 0.00000121. The zero-order chi connectivity index (χ0) is 8.48. The second-order valence-electron chi connectivity index (χ2n) is 2.36. The number of nitrogens with two attached hydrogens (primary N) is 1. The molecule has 0 amide bonds. The molecule has 2 N–H and O–H groups in total. The van der Waals surface area contributed by atoms with Gasteiger partial charge >= 0.3 is 29.6 Å². The van der Waals surface area contributed by atoms with Crippen molar-refractivity contribution in [2.75, 3.05) is 0 Å². The first kappa shape index (κ1) is 12.1. The van der Waals surface area contributed by atoms with E-state index in [0.717, 1.165) is 5.56 Å². The van der Waals surface area contributed by atoms with Gasteiger partial charge in [0.15, 0.2) is 0 Å². The van der Waals surface area contributed by atoms with Crippen LogP contribution < -0.4 is 5.14 Å². The Bertz CT molecular complexity index is 344. The molecule has 0 heterocycles. The fourth-order valence-electron chi connectivity index (χ4n) is 0.728. The van der Waals surface area contributed by atoms with Gasteiger partial charge in [-0.1, -0.05) is 17.7 Å². The van der Waals surface area contributed by atoms with E-state index in [-0.39, 0.29) is 34.5 Å². The van der Waals surface area contributed by atoms with Crippen LogP contribution in [-0.4, -0.2) is 38.0 Å². The van der Waals surface area contributed by atoms with Crippen molar-refractivity contribution in [2.45, 2.75) is 11.8 Å². The van der Waals surface area contributed by atoms with Crippen LogP contribution in [0, 0.1) is 6.92 Å². The molecule has 0 spiro atoms. The molecule has 5 heteroatoms. The molecule has 0 saturated heterocycles. The van der Waals surface area contributed by atoms with E-state index in [2.05, 4.69) is 0 Å². The molecule has 0 atom stereocenters. The fourth-order valence-corrected chi connectivity index (χ4v) is 1.24. The van der Waals surface area contributed by atoms with Crippen LogP contribution in [-0.2, 0) is 10.0 Å². The van der Waals surface area contributed by atoms with Crippen LogP contribution in [0.25, 0.3) is 0 Å². The van der Waals surface area contributed by atoms with Gasteiger partial charge in [0.2, 0.25) is 10.0 Å². The van der Waals surface area contributed by atoms with Crippen LogP contribution in [0.15, 0.2) is 29.2 Å². The number of rotatable bonds is 1. The molecule has 1 rings (SSSR count). The monoisotopic (exact) mass is 195 g/mol. The summed E-state index contributed by atoms with van der Waals surface area (Å²) in [6.45, 7) is 1.88. The Labute approximate surface area is 94.3 Å². The predicted octanol–water partition coefficient (Wildman–Crippen LogP) is -0.00608. The summed E-state index contributed by atoms with van der Waals surface area (Å²) >= 11 is 0. The third-order valence-corrected chi connectivity index (χ3v) is 2.28. The third-order valence-electron chi connectivity index (χ3n) is 1.35. The summed E-state index contributed by atoms with van der Waals surface area (Å²) in [6.07, 6.45) is 0. The topological polar surface area (TPSA) is 60.2 Å². The quantitative estimate of drug-likeness (QED) is 0.641. The van der Waals surface area contributed by atoms with Crippen LogP contribution in [0.5, 0.6) is 0 Å². The molecule has 0 unspecified atom stereocenters. The first-order chi connectivity index (χ1) is 5.00. The van der Waals surface area contributed by atoms with Gasteiger partial charge in [-0.3, -0.25) is 0 Å². The van der Waals surface area contributed by atoms with Gasteiger partial charge < -0.3 is 0 Å². The van der Waals surface area contributed by atoms with E-state index in [1.165, 1.54) is 12.1 Å². The van der Waals surface area contributed by atoms with Crippen molar-refractivity contribution in [1.29, 1.82) is 0 Å². The summed E-state index contributed by atoms with van der Waals surface area (Å²) in [5, 5.41) is 4.88. The summed E-state index contributed by atoms with van der Waals surface area (Å²) in [5.41, 5.74) is 1.01. The van der Waals surface area contributed by atoms with E-state index in [1.807, 2.05) is 6.92 Å². The zero-order valence-corrected chi connectivity index (χ0v) is 6.93. The summed E-state index contributed by atoms with van der Waals surface area (Å²) in [4.78, 5) is 0.156. The number of hydrogen-bond donors (Lipinski definition) is 1. The van der Waals surface area contributed by atoms with E-state index in [9.17, 15) is 8.42 Å². The van der Waals surface area contributed by atoms with E-state index in [4.69, 9.17) is 5.14 Å². The van der Waals surface area contributed by atoms with Crippen LogP contribution in [0.4, 0.5) is 0 Å². The van der Waals surface area contributed by atoms with Crippen LogP contribution in [0.1, 0.15) is 5.56 Å². The van der Waals surface area contributed by atoms with E-state index in [1.54, 1.807) is 12.1 Å². The fraction of sp³-hybridized carbons (Fsp3) is 0.143. The van der Waals surface area contributed by atoms with Crippen molar-refractivity contribution in [3.63, 3.8) is 0 Å². The minimum absolute atomic E-state index is 0. The van der Waals surface area contributed by atoms with Gasteiger partial charge in [0, 0.05) is 0 Å². The van der Waals surface area contributed by atoms with E-state index < -0.39 is 10.0 Å². The Morgan fingerprint density at radius 1 is 1.17 bits per heavy atom. The summed E-state index contributed by atoms with van der Waals surface area (Å²) < 4.78 is 21.4. The van der Waals surface area contributed by atoms with Crippen molar-refractivity contribution in [3.05, 3.63) is 29.8 Å². The zero-order valence-electron chi connectivity index (χ0n) is 6.11. The maximum absolute atomic E-state index is 10.7. The van der Waals surface area contributed by atoms with Crippen LogP contribution in [0.3, 0.4) is 0 Å². The molecular formula is C7H10NNaO2S. The molecule has 1 aromatic carbocycles. The Morgan fingerprint density at radius 3 is 1.92 bits per heavy atom. The first-order valence-electron chi connectivity index (χ1n) is 3.09. The maximum atomic E-state index is 10.7. The molecule has 12 heavy (non-hydrogen) atoms. The SMILES string of the molecule is Cc1ccc(S(N)(=O)=O)cc1.[NaH]. The average Bonchev–Trinajstić information content (AvgIpc) is 1.86. The second kappa shape index (κ2) is 4.39. The van der Waals surface area contributed by atoms with Crippen LogP contribution >= 0.6 is 0 Å². The Morgan fingerprint density at radius 2 is 1.58 bits per heavy atom. The van der Waals surface area contributed by atoms with Crippen molar-refractivity contribution >= 4 is 39.6 Å². The number of hydrogen-bond acceptors (Lipinski definition) is 2. The number of aryl methyl sites for hydroxylation is 1. The molecule has 0 aliphatic rings. The van der Waals surface area contributed by atoms with Gasteiger partial charge in [-0.2, -0.15) is 0 Å². The molecule has 0 fully saturated rings. The molecule has 3 nitrogen and oxygen atoms in total. The summed E-state index contributed by atoms with van der Waals surface area (Å²) in [6, 6.07) is 6.40. The van der Waals surface area contributed by atoms with Crippen LogP contribution in [0.2, 0.25) is 0 Å². The van der Waals surface area contributed by atoms with Gasteiger partial charge in [0.25, 0.3) is 0 Å². The van der Waals surface area contributed by atoms with Gasteiger partial charge in [-0.05, 0) is 19.1 Å². The van der Waals surface area contributed by atoms with Crippen molar-refractivity contribution in [1.82, 2.24) is 0 Å². The molecule has 0 bridgehead atoms. The standard InChI is InChI=1S/C7H9NO2S.Na.H/c1-6-2-4-7(5-3-6)11(8,9)10;;/h2-5H,1H3,(H2,8,9,10);;. The second-order valence-corrected chi connectivity index (χ2v) is 3.92. The van der Waals surface area contributed by atoms with Gasteiger partial charge in [0.05, 0.1) is 4.90 Å². The van der Waals surface area contributed by atoms with E-state index >= 15 is 0 Å². The molecule has 62 valence electrons. The normalized spacial score (nSPS) is 10.5. The summed E-state index contributed by atoms with van der Waals surface area (Å²) in [5.74, 6) is 0. The molecule has 0 radical (unpaired) electrons. The average molecular weight is 195 g/mol. The Hall–Kier alpha value is 0.130. The predicted molar refractivity (Wildman–Crippen MR) is 49.7 cm³/mol. The third kappa shape index (κ3) is 3.25. The van der Waals surface area contributed by atoms with Gasteiger partial charge in [-0.15, -0.1) is 0 Å². The molecule has 0 saturated carbocycles. The molecule has 0 aromatic heterocycles. The molecule has 0 aliphatic heterocycles. The molecular weight excluding hydrogens is 185 g/mol. The van der Waals surface area contributed by atoms with Crippen molar-refractivity contribution in [3.8, 4) is 0 Å². The number of sulfonamides is 1. The molecule has 0 aliphatic carbocycles. The first-order valence-corrected chi connectivity index (χ1v) is 4.64. The summed E-state index contributed by atoms with van der Waals surface area (Å²) in [7, 11) is -3.52. The van der Waals surface area contributed by atoms with Gasteiger partial charge in [0.1, 0.15) is 0 Å². The number of primary sulfonamides is 1. The van der Waals surface area contributed by atoms with Crippen molar-refractivity contribution < 1.29 is 8.42 Å².